The largest absolute Gasteiger partial charge is 0.507 e. The predicted molar refractivity (Wildman–Crippen MR) is 136 cm³/mol. The van der Waals surface area contributed by atoms with Crippen LogP contribution in [0.5, 0.6) is 11.5 Å². The molecule has 3 aromatic rings. The number of hydrogen-bond acceptors (Lipinski definition) is 5. The highest BCUT2D eigenvalue weighted by Crippen LogP contribution is 2.46. The highest BCUT2D eigenvalue weighted by atomic mass is 35.5. The van der Waals surface area contributed by atoms with Crippen LogP contribution in [0.2, 0.25) is 5.02 Å². The number of ether oxygens (including phenoxy) is 2. The zero-order valence-electron chi connectivity index (χ0n) is 20.2. The van der Waals surface area contributed by atoms with Gasteiger partial charge in [0.1, 0.15) is 17.3 Å². The zero-order valence-corrected chi connectivity index (χ0v) is 20.9. The molecule has 7 heteroatoms. The van der Waals surface area contributed by atoms with Crippen molar-refractivity contribution in [1.82, 2.24) is 0 Å². The maximum atomic E-state index is 13.5. The van der Waals surface area contributed by atoms with Crippen molar-refractivity contribution < 1.29 is 24.2 Å². The summed E-state index contributed by atoms with van der Waals surface area (Å²) in [6.45, 7) is 5.72. The Hall–Kier alpha value is -3.77. The number of aliphatic hydroxyl groups is 1. The topological polar surface area (TPSA) is 76.1 Å². The number of nitrogens with zero attached hydrogens (tertiary/aromatic N) is 1. The number of rotatable bonds is 5. The van der Waals surface area contributed by atoms with Gasteiger partial charge in [0, 0.05) is 11.3 Å². The van der Waals surface area contributed by atoms with Gasteiger partial charge in [0.05, 0.1) is 36.4 Å². The van der Waals surface area contributed by atoms with Gasteiger partial charge in [0.15, 0.2) is 0 Å². The quantitative estimate of drug-likeness (QED) is 0.273. The number of hydrogen-bond donors (Lipinski definition) is 1. The van der Waals surface area contributed by atoms with E-state index >= 15 is 0 Å². The van der Waals surface area contributed by atoms with E-state index in [4.69, 9.17) is 21.1 Å². The van der Waals surface area contributed by atoms with Crippen LogP contribution >= 0.6 is 11.6 Å². The minimum absolute atomic E-state index is 0.0716. The second-order valence-corrected chi connectivity index (χ2v) is 8.91. The molecule has 0 bridgehead atoms. The lowest BCUT2D eigenvalue weighted by Crippen LogP contribution is -2.29. The fraction of sp³-hybridized carbons (Fsp3) is 0.214. The molecule has 0 aromatic heterocycles. The van der Waals surface area contributed by atoms with Crippen LogP contribution < -0.4 is 14.4 Å². The van der Waals surface area contributed by atoms with Crippen LogP contribution in [-0.2, 0) is 9.59 Å². The molecule has 1 aliphatic rings. The van der Waals surface area contributed by atoms with Crippen molar-refractivity contribution in [3.8, 4) is 11.5 Å². The van der Waals surface area contributed by atoms with Gasteiger partial charge in [-0.15, -0.1) is 0 Å². The zero-order chi connectivity index (χ0) is 25.4. The van der Waals surface area contributed by atoms with E-state index in [1.54, 1.807) is 42.5 Å². The van der Waals surface area contributed by atoms with E-state index < -0.39 is 17.7 Å². The smallest absolute Gasteiger partial charge is 0.300 e. The Bertz CT molecular complexity index is 1380. The average molecular weight is 492 g/mol. The molecule has 1 N–H and O–H groups in total. The van der Waals surface area contributed by atoms with Crippen LogP contribution in [0, 0.1) is 20.8 Å². The molecule has 1 saturated heterocycles. The molecule has 1 heterocycles. The van der Waals surface area contributed by atoms with Gasteiger partial charge < -0.3 is 14.6 Å². The van der Waals surface area contributed by atoms with Gasteiger partial charge in [0.25, 0.3) is 11.7 Å². The Labute approximate surface area is 209 Å². The highest BCUT2D eigenvalue weighted by molar-refractivity contribution is 6.51. The van der Waals surface area contributed by atoms with Crippen LogP contribution in [0.4, 0.5) is 5.69 Å². The van der Waals surface area contributed by atoms with Gasteiger partial charge in [-0.3, -0.25) is 14.5 Å². The number of Topliss-reactive ketones (excluding diaryl/α,β-unsaturated/α-hetero) is 1. The second kappa shape index (κ2) is 9.47. The molecule has 6 nitrogen and oxygen atoms in total. The number of benzene rings is 3. The van der Waals surface area contributed by atoms with Gasteiger partial charge in [-0.2, -0.15) is 0 Å². The molecule has 0 spiro atoms. The van der Waals surface area contributed by atoms with Gasteiger partial charge in [-0.1, -0.05) is 35.9 Å². The Morgan fingerprint density at radius 2 is 1.66 bits per heavy atom. The predicted octanol–water partition coefficient (Wildman–Crippen LogP) is 5.91. The van der Waals surface area contributed by atoms with Crippen molar-refractivity contribution >= 4 is 34.7 Å². The number of aliphatic hydroxyl groups excluding tert-OH is 1. The Morgan fingerprint density at radius 3 is 2.31 bits per heavy atom. The molecule has 0 radical (unpaired) electrons. The number of anilines is 1. The van der Waals surface area contributed by atoms with Crippen molar-refractivity contribution in [2.75, 3.05) is 19.1 Å². The van der Waals surface area contributed by atoms with Gasteiger partial charge >= 0.3 is 0 Å². The number of ketones is 1. The lowest BCUT2D eigenvalue weighted by Gasteiger charge is -2.27. The number of halogens is 1. The number of carbonyl (C=O) groups is 2. The van der Waals surface area contributed by atoms with E-state index in [2.05, 4.69) is 0 Å². The lowest BCUT2D eigenvalue weighted by molar-refractivity contribution is -0.132. The molecule has 1 atom stereocenters. The summed E-state index contributed by atoms with van der Waals surface area (Å²) in [5.41, 5.74) is 4.04. The van der Waals surface area contributed by atoms with Gasteiger partial charge in [-0.05, 0) is 67.8 Å². The van der Waals surface area contributed by atoms with E-state index in [1.807, 2.05) is 32.9 Å². The van der Waals surface area contributed by atoms with Crippen LogP contribution in [0.1, 0.15) is 33.9 Å². The first-order valence-corrected chi connectivity index (χ1v) is 11.4. The first-order chi connectivity index (χ1) is 16.7. The number of aryl methyl sites for hydroxylation is 3. The Kier molecular flexibility index (Phi) is 6.59. The molecule has 3 aromatic carbocycles. The Balaban J connectivity index is 2.05. The summed E-state index contributed by atoms with van der Waals surface area (Å²) in [6.07, 6.45) is 0. The number of carbonyl (C=O) groups excluding carboxylic acids is 2. The van der Waals surface area contributed by atoms with E-state index in [9.17, 15) is 14.7 Å². The van der Waals surface area contributed by atoms with Gasteiger partial charge in [0.2, 0.25) is 0 Å². The fourth-order valence-corrected chi connectivity index (χ4v) is 4.77. The molecule has 1 aliphatic heterocycles. The monoisotopic (exact) mass is 491 g/mol. The average Bonchev–Trinajstić information content (AvgIpc) is 3.10. The van der Waals surface area contributed by atoms with Crippen molar-refractivity contribution in [3.05, 3.63) is 93.0 Å². The number of amides is 1. The summed E-state index contributed by atoms with van der Waals surface area (Å²) in [6, 6.07) is 15.1. The highest BCUT2D eigenvalue weighted by Gasteiger charge is 2.48. The molecule has 4 rings (SSSR count). The van der Waals surface area contributed by atoms with Crippen molar-refractivity contribution in [3.63, 3.8) is 0 Å². The first-order valence-electron chi connectivity index (χ1n) is 11.0. The second-order valence-electron chi connectivity index (χ2n) is 8.51. The standard InChI is InChI=1S/C28H26ClNO5/c1-15-12-20(27(35-5)21(29)13-15)25(31)23-24(19-8-6-7-9-22(19)34-4)30(28(33)26(23)32)18-11-10-16(2)17(3)14-18/h6-14,24,31H,1-5H3/b25-23+. The Morgan fingerprint density at radius 1 is 0.943 bits per heavy atom. The molecule has 0 aliphatic carbocycles. The molecule has 180 valence electrons. The van der Waals surface area contributed by atoms with E-state index in [0.29, 0.717) is 17.0 Å². The van der Waals surface area contributed by atoms with Crippen molar-refractivity contribution in [2.24, 2.45) is 0 Å². The summed E-state index contributed by atoms with van der Waals surface area (Å²) in [5.74, 6) is -1.23. The van der Waals surface area contributed by atoms with Crippen molar-refractivity contribution in [1.29, 1.82) is 0 Å². The molecule has 0 saturated carbocycles. The third kappa shape index (κ3) is 4.15. The summed E-state index contributed by atoms with van der Waals surface area (Å²) < 4.78 is 11.0. The first kappa shape index (κ1) is 24.4. The maximum absolute atomic E-state index is 13.5. The third-order valence-corrected chi connectivity index (χ3v) is 6.57. The van der Waals surface area contributed by atoms with E-state index in [1.165, 1.54) is 19.1 Å². The molecule has 1 unspecified atom stereocenters. The molecular weight excluding hydrogens is 466 g/mol. The number of para-hydroxylation sites is 1. The van der Waals surface area contributed by atoms with Crippen LogP contribution in [-0.4, -0.2) is 31.0 Å². The van der Waals surface area contributed by atoms with Gasteiger partial charge in [-0.25, -0.2) is 0 Å². The normalized spacial score (nSPS) is 17.1. The minimum atomic E-state index is -0.933. The van der Waals surface area contributed by atoms with Crippen LogP contribution in [0.15, 0.2) is 60.2 Å². The summed E-state index contributed by atoms with van der Waals surface area (Å²) >= 11 is 6.37. The summed E-state index contributed by atoms with van der Waals surface area (Å²) in [5, 5.41) is 11.8. The molecule has 1 fully saturated rings. The van der Waals surface area contributed by atoms with E-state index in [-0.39, 0.29) is 27.7 Å². The third-order valence-electron chi connectivity index (χ3n) is 6.29. The fourth-order valence-electron chi connectivity index (χ4n) is 4.42. The van der Waals surface area contributed by atoms with Crippen molar-refractivity contribution in [2.45, 2.75) is 26.8 Å². The number of methoxy groups -OCH3 is 2. The molecule has 35 heavy (non-hydrogen) atoms. The summed E-state index contributed by atoms with van der Waals surface area (Å²) in [7, 11) is 2.95. The van der Waals surface area contributed by atoms with Crippen LogP contribution in [0.3, 0.4) is 0 Å². The minimum Gasteiger partial charge on any atom is -0.507 e. The maximum Gasteiger partial charge on any atom is 0.300 e. The lowest BCUT2D eigenvalue weighted by atomic mass is 9.93. The summed E-state index contributed by atoms with van der Waals surface area (Å²) in [4.78, 5) is 28.3. The van der Waals surface area contributed by atoms with E-state index in [0.717, 1.165) is 16.7 Å². The SMILES string of the molecule is COc1ccccc1C1/C(=C(\O)c2cc(C)cc(Cl)c2OC)C(=O)C(=O)N1c1ccc(C)c(C)c1. The molecular formula is C28H26ClNO5. The molecule has 1 amide bonds. The van der Waals surface area contributed by atoms with Crippen LogP contribution in [0.25, 0.3) is 5.76 Å².